The Kier molecular flexibility index (Phi) is 4.52. The second-order valence-corrected chi connectivity index (χ2v) is 5.05. The highest BCUT2D eigenvalue weighted by Gasteiger charge is 2.24. The summed E-state index contributed by atoms with van der Waals surface area (Å²) in [4.78, 5) is 4.48. The SMILES string of the molecule is CCC(C)(CO)Cc1ncc(C)c(OC)c1C. The lowest BCUT2D eigenvalue weighted by atomic mass is 9.82. The molecule has 0 spiro atoms. The Morgan fingerprint density at radius 1 is 1.41 bits per heavy atom. The second-order valence-electron chi connectivity index (χ2n) is 5.05. The zero-order valence-electron chi connectivity index (χ0n) is 11.5. The van der Waals surface area contributed by atoms with E-state index in [1.807, 2.05) is 20.0 Å². The fraction of sp³-hybridized carbons (Fsp3) is 0.643. The van der Waals surface area contributed by atoms with E-state index >= 15 is 0 Å². The number of aliphatic hydroxyl groups is 1. The molecule has 0 bridgehead atoms. The molecule has 3 heteroatoms. The van der Waals surface area contributed by atoms with Gasteiger partial charge in [0.2, 0.25) is 0 Å². The summed E-state index contributed by atoms with van der Waals surface area (Å²) in [6, 6.07) is 0. The first-order valence-corrected chi connectivity index (χ1v) is 6.07. The van der Waals surface area contributed by atoms with E-state index in [1.165, 1.54) is 0 Å². The Morgan fingerprint density at radius 3 is 2.53 bits per heavy atom. The number of methoxy groups -OCH3 is 1. The molecule has 0 saturated carbocycles. The van der Waals surface area contributed by atoms with Gasteiger partial charge in [-0.25, -0.2) is 0 Å². The minimum Gasteiger partial charge on any atom is -0.496 e. The molecule has 96 valence electrons. The quantitative estimate of drug-likeness (QED) is 0.856. The summed E-state index contributed by atoms with van der Waals surface area (Å²) in [5, 5.41) is 9.46. The predicted molar refractivity (Wildman–Crippen MR) is 69.5 cm³/mol. The third-order valence-electron chi connectivity index (χ3n) is 3.58. The van der Waals surface area contributed by atoms with Crippen molar-refractivity contribution in [2.24, 2.45) is 5.41 Å². The van der Waals surface area contributed by atoms with Crippen LogP contribution in [0.2, 0.25) is 0 Å². The van der Waals surface area contributed by atoms with E-state index in [0.29, 0.717) is 0 Å². The van der Waals surface area contributed by atoms with Gasteiger partial charge in [-0.2, -0.15) is 0 Å². The van der Waals surface area contributed by atoms with Gasteiger partial charge in [0, 0.05) is 29.6 Å². The number of ether oxygens (including phenoxy) is 1. The zero-order chi connectivity index (χ0) is 13.1. The highest BCUT2D eigenvalue weighted by atomic mass is 16.5. The molecule has 1 heterocycles. The van der Waals surface area contributed by atoms with Gasteiger partial charge in [0.15, 0.2) is 0 Å². The average Bonchev–Trinajstić information content (AvgIpc) is 2.33. The highest BCUT2D eigenvalue weighted by molar-refractivity contribution is 5.41. The molecule has 1 unspecified atom stereocenters. The number of aromatic nitrogens is 1. The van der Waals surface area contributed by atoms with E-state index in [2.05, 4.69) is 18.8 Å². The third kappa shape index (κ3) is 2.97. The first-order valence-electron chi connectivity index (χ1n) is 6.07. The van der Waals surface area contributed by atoms with Crippen molar-refractivity contribution in [3.63, 3.8) is 0 Å². The number of pyridine rings is 1. The monoisotopic (exact) mass is 237 g/mol. The van der Waals surface area contributed by atoms with E-state index < -0.39 is 0 Å². The van der Waals surface area contributed by atoms with Crippen molar-refractivity contribution in [3.05, 3.63) is 23.0 Å². The number of hydrogen-bond donors (Lipinski definition) is 1. The van der Waals surface area contributed by atoms with Gasteiger partial charge >= 0.3 is 0 Å². The largest absolute Gasteiger partial charge is 0.496 e. The fourth-order valence-corrected chi connectivity index (χ4v) is 1.95. The zero-order valence-corrected chi connectivity index (χ0v) is 11.5. The lowest BCUT2D eigenvalue weighted by Gasteiger charge is -2.26. The Balaban J connectivity index is 3.08. The van der Waals surface area contributed by atoms with Crippen molar-refractivity contribution in [2.75, 3.05) is 13.7 Å². The van der Waals surface area contributed by atoms with Crippen LogP contribution in [0.5, 0.6) is 5.75 Å². The maximum Gasteiger partial charge on any atom is 0.128 e. The number of hydrogen-bond acceptors (Lipinski definition) is 3. The fourth-order valence-electron chi connectivity index (χ4n) is 1.95. The lowest BCUT2D eigenvalue weighted by molar-refractivity contribution is 0.136. The number of rotatable bonds is 5. The van der Waals surface area contributed by atoms with Crippen molar-refractivity contribution in [1.29, 1.82) is 0 Å². The molecule has 0 aliphatic carbocycles. The minimum absolute atomic E-state index is 0.0992. The Hall–Kier alpha value is -1.09. The van der Waals surface area contributed by atoms with Gasteiger partial charge in [-0.1, -0.05) is 13.8 Å². The first kappa shape index (κ1) is 14.0. The van der Waals surface area contributed by atoms with Gasteiger partial charge < -0.3 is 9.84 Å². The van der Waals surface area contributed by atoms with Crippen molar-refractivity contribution < 1.29 is 9.84 Å². The van der Waals surface area contributed by atoms with Crippen molar-refractivity contribution in [1.82, 2.24) is 4.98 Å². The normalized spacial score (nSPS) is 14.5. The minimum atomic E-state index is -0.0992. The van der Waals surface area contributed by atoms with Crippen LogP contribution < -0.4 is 4.74 Å². The van der Waals surface area contributed by atoms with Crippen LogP contribution in [-0.4, -0.2) is 23.8 Å². The maximum absolute atomic E-state index is 9.46. The van der Waals surface area contributed by atoms with Crippen molar-refractivity contribution in [2.45, 2.75) is 40.5 Å². The molecule has 0 saturated heterocycles. The molecular formula is C14H23NO2. The lowest BCUT2D eigenvalue weighted by Crippen LogP contribution is -2.24. The van der Waals surface area contributed by atoms with Crippen LogP contribution in [0.1, 0.15) is 37.1 Å². The first-order chi connectivity index (χ1) is 7.97. The second kappa shape index (κ2) is 5.50. The number of aliphatic hydroxyl groups excluding tert-OH is 1. The number of nitrogens with zero attached hydrogens (tertiary/aromatic N) is 1. The van der Waals surface area contributed by atoms with Gasteiger partial charge in [0.05, 0.1) is 7.11 Å². The van der Waals surface area contributed by atoms with Gasteiger partial charge in [-0.05, 0) is 32.1 Å². The molecule has 17 heavy (non-hydrogen) atoms. The van der Waals surface area contributed by atoms with Crippen molar-refractivity contribution in [3.8, 4) is 5.75 Å². The molecule has 0 amide bonds. The summed E-state index contributed by atoms with van der Waals surface area (Å²) >= 11 is 0. The molecule has 1 atom stereocenters. The van der Waals surface area contributed by atoms with Crippen LogP contribution in [0, 0.1) is 19.3 Å². The smallest absolute Gasteiger partial charge is 0.128 e. The molecule has 0 aliphatic heterocycles. The molecule has 0 aromatic carbocycles. The van der Waals surface area contributed by atoms with Crippen LogP contribution in [0.4, 0.5) is 0 Å². The summed E-state index contributed by atoms with van der Waals surface area (Å²) in [5.41, 5.74) is 3.06. The van der Waals surface area contributed by atoms with E-state index in [4.69, 9.17) is 4.74 Å². The van der Waals surface area contributed by atoms with E-state index in [1.54, 1.807) is 7.11 Å². The van der Waals surface area contributed by atoms with Crippen LogP contribution in [0.3, 0.4) is 0 Å². The van der Waals surface area contributed by atoms with Crippen molar-refractivity contribution >= 4 is 0 Å². The summed E-state index contributed by atoms with van der Waals surface area (Å²) in [5.74, 6) is 0.909. The van der Waals surface area contributed by atoms with E-state index in [-0.39, 0.29) is 12.0 Å². The molecule has 1 aromatic rings. The molecule has 1 rings (SSSR count). The molecule has 3 nitrogen and oxygen atoms in total. The molecule has 0 aliphatic rings. The Bertz CT molecular complexity index is 384. The average molecular weight is 237 g/mol. The predicted octanol–water partition coefficient (Wildman–Crippen LogP) is 2.66. The van der Waals surface area contributed by atoms with Crippen LogP contribution in [0.15, 0.2) is 6.20 Å². The summed E-state index contributed by atoms with van der Waals surface area (Å²) < 4.78 is 5.40. The van der Waals surface area contributed by atoms with Crippen LogP contribution in [-0.2, 0) is 6.42 Å². The van der Waals surface area contributed by atoms with E-state index in [0.717, 1.165) is 35.4 Å². The summed E-state index contributed by atoms with van der Waals surface area (Å²) in [6.45, 7) is 8.38. The van der Waals surface area contributed by atoms with Gasteiger partial charge in [0.25, 0.3) is 0 Å². The number of aryl methyl sites for hydroxylation is 1. The van der Waals surface area contributed by atoms with Crippen LogP contribution in [0.25, 0.3) is 0 Å². The molecule has 1 aromatic heterocycles. The summed E-state index contributed by atoms with van der Waals surface area (Å²) in [6.07, 6.45) is 3.55. The molecule has 1 N–H and O–H groups in total. The molecule has 0 radical (unpaired) electrons. The Morgan fingerprint density at radius 2 is 2.06 bits per heavy atom. The molecule has 0 fully saturated rings. The van der Waals surface area contributed by atoms with E-state index in [9.17, 15) is 5.11 Å². The van der Waals surface area contributed by atoms with Crippen LogP contribution >= 0.6 is 0 Å². The standard InChI is InChI=1S/C14H23NO2/c1-6-14(4,9-16)7-12-11(3)13(17-5)10(2)8-15-12/h8,16H,6-7,9H2,1-5H3. The van der Waals surface area contributed by atoms with Gasteiger partial charge in [0.1, 0.15) is 5.75 Å². The third-order valence-corrected chi connectivity index (χ3v) is 3.58. The highest BCUT2D eigenvalue weighted by Crippen LogP contribution is 2.30. The Labute approximate surface area is 104 Å². The van der Waals surface area contributed by atoms with Gasteiger partial charge in [-0.15, -0.1) is 0 Å². The topological polar surface area (TPSA) is 42.4 Å². The summed E-state index contributed by atoms with van der Waals surface area (Å²) in [7, 11) is 1.68. The maximum atomic E-state index is 9.46. The molecular weight excluding hydrogens is 214 g/mol. The van der Waals surface area contributed by atoms with Gasteiger partial charge in [-0.3, -0.25) is 4.98 Å².